The van der Waals surface area contributed by atoms with Crippen molar-refractivity contribution < 1.29 is 22.8 Å². The van der Waals surface area contributed by atoms with E-state index >= 15 is 0 Å². The Labute approximate surface area is 170 Å². The molecule has 2 heterocycles. The third-order valence-electron chi connectivity index (χ3n) is 4.92. The fourth-order valence-electron chi connectivity index (χ4n) is 3.37. The SMILES string of the molecule is CC(=O)N1CCCC(C(=O)Nc2sc(Cc3cccc(C(F)(F)F)c3)nc2C)C1. The number of nitrogens with zero attached hydrogens (tertiary/aromatic N) is 2. The van der Waals surface area contributed by atoms with Gasteiger partial charge in [-0.3, -0.25) is 9.59 Å². The van der Waals surface area contributed by atoms with Crippen molar-refractivity contribution in [1.29, 1.82) is 0 Å². The highest BCUT2D eigenvalue weighted by molar-refractivity contribution is 7.16. The van der Waals surface area contributed by atoms with Gasteiger partial charge >= 0.3 is 6.18 Å². The van der Waals surface area contributed by atoms with Crippen molar-refractivity contribution in [3.05, 3.63) is 46.1 Å². The maximum atomic E-state index is 12.9. The molecule has 0 saturated carbocycles. The van der Waals surface area contributed by atoms with Gasteiger partial charge in [0.1, 0.15) is 5.00 Å². The van der Waals surface area contributed by atoms with Gasteiger partial charge in [-0.2, -0.15) is 13.2 Å². The van der Waals surface area contributed by atoms with Crippen molar-refractivity contribution in [2.45, 2.75) is 39.3 Å². The third kappa shape index (κ3) is 5.35. The zero-order valence-corrected chi connectivity index (χ0v) is 17.0. The van der Waals surface area contributed by atoms with E-state index in [-0.39, 0.29) is 24.2 Å². The van der Waals surface area contributed by atoms with Gasteiger partial charge in [0, 0.05) is 26.4 Å². The van der Waals surface area contributed by atoms with Gasteiger partial charge < -0.3 is 10.2 Å². The largest absolute Gasteiger partial charge is 0.416 e. The Morgan fingerprint density at radius 2 is 2.10 bits per heavy atom. The summed E-state index contributed by atoms with van der Waals surface area (Å²) in [6.07, 6.45) is -2.64. The number of likely N-dealkylation sites (tertiary alicyclic amines) is 1. The van der Waals surface area contributed by atoms with Crippen molar-refractivity contribution in [3.8, 4) is 0 Å². The topological polar surface area (TPSA) is 62.3 Å². The minimum atomic E-state index is -4.39. The second kappa shape index (κ2) is 8.52. The molecular weight excluding hydrogens is 403 g/mol. The Balaban J connectivity index is 1.67. The number of nitrogens with one attached hydrogen (secondary N) is 1. The maximum Gasteiger partial charge on any atom is 0.416 e. The van der Waals surface area contributed by atoms with E-state index in [0.29, 0.717) is 40.8 Å². The number of hydrogen-bond donors (Lipinski definition) is 1. The van der Waals surface area contributed by atoms with Crippen LogP contribution in [0.4, 0.5) is 18.2 Å². The molecule has 1 aromatic carbocycles. The average molecular weight is 425 g/mol. The minimum Gasteiger partial charge on any atom is -0.342 e. The summed E-state index contributed by atoms with van der Waals surface area (Å²) in [5, 5.41) is 4.11. The van der Waals surface area contributed by atoms with Crippen molar-refractivity contribution in [3.63, 3.8) is 0 Å². The summed E-state index contributed by atoms with van der Waals surface area (Å²) in [6, 6.07) is 5.16. The van der Waals surface area contributed by atoms with Crippen LogP contribution in [0.5, 0.6) is 0 Å². The number of thiazole rings is 1. The van der Waals surface area contributed by atoms with Crippen LogP contribution in [-0.4, -0.2) is 34.8 Å². The molecule has 3 rings (SSSR count). The van der Waals surface area contributed by atoms with Crippen LogP contribution in [-0.2, 0) is 22.2 Å². The van der Waals surface area contributed by atoms with Crippen LogP contribution in [0.15, 0.2) is 24.3 Å². The molecule has 1 unspecified atom stereocenters. The Bertz CT molecular complexity index is 911. The predicted molar refractivity (Wildman–Crippen MR) is 105 cm³/mol. The summed E-state index contributed by atoms with van der Waals surface area (Å²) in [5.41, 5.74) is 0.449. The smallest absolute Gasteiger partial charge is 0.342 e. The number of carbonyl (C=O) groups excluding carboxylic acids is 2. The highest BCUT2D eigenvalue weighted by atomic mass is 32.1. The molecule has 0 radical (unpaired) electrons. The average Bonchev–Trinajstić information content (AvgIpc) is 3.00. The molecule has 1 N–H and O–H groups in total. The van der Waals surface area contributed by atoms with Gasteiger partial charge in [0.2, 0.25) is 11.8 Å². The molecule has 9 heteroatoms. The zero-order chi connectivity index (χ0) is 21.2. The standard InChI is InChI=1S/C20H22F3N3O2S/c1-12-19(25-18(28)15-6-4-8-26(11-15)13(2)27)29-17(24-12)10-14-5-3-7-16(9-14)20(21,22)23/h3,5,7,9,15H,4,6,8,10-11H2,1-2H3,(H,25,28). The number of carbonyl (C=O) groups is 2. The van der Waals surface area contributed by atoms with Crippen molar-refractivity contribution in [2.24, 2.45) is 5.92 Å². The first-order chi connectivity index (χ1) is 13.6. The monoisotopic (exact) mass is 425 g/mol. The van der Waals surface area contributed by atoms with Gasteiger partial charge in [-0.15, -0.1) is 11.3 Å². The molecule has 29 heavy (non-hydrogen) atoms. The summed E-state index contributed by atoms with van der Waals surface area (Å²) in [5.74, 6) is -0.478. The Kier molecular flexibility index (Phi) is 6.26. The van der Waals surface area contributed by atoms with Gasteiger partial charge in [-0.25, -0.2) is 4.98 Å². The van der Waals surface area contributed by atoms with E-state index < -0.39 is 11.7 Å². The molecule has 1 saturated heterocycles. The fraction of sp³-hybridized carbons (Fsp3) is 0.450. The molecule has 0 bridgehead atoms. The van der Waals surface area contributed by atoms with E-state index in [1.54, 1.807) is 17.9 Å². The Hall–Kier alpha value is -2.42. The molecule has 1 aromatic heterocycles. The Morgan fingerprint density at radius 1 is 1.34 bits per heavy atom. The van der Waals surface area contributed by atoms with Crippen LogP contribution in [0.3, 0.4) is 0 Å². The van der Waals surface area contributed by atoms with Crippen LogP contribution >= 0.6 is 11.3 Å². The van der Waals surface area contributed by atoms with Crippen LogP contribution in [0, 0.1) is 12.8 Å². The summed E-state index contributed by atoms with van der Waals surface area (Å²) >= 11 is 1.26. The summed E-state index contributed by atoms with van der Waals surface area (Å²) < 4.78 is 38.7. The number of alkyl halides is 3. The van der Waals surface area contributed by atoms with E-state index in [0.717, 1.165) is 18.6 Å². The van der Waals surface area contributed by atoms with Gasteiger partial charge in [0.05, 0.1) is 22.2 Å². The number of aromatic nitrogens is 1. The first-order valence-electron chi connectivity index (χ1n) is 9.32. The Morgan fingerprint density at radius 3 is 2.79 bits per heavy atom. The molecule has 1 aliphatic heterocycles. The normalized spacial score (nSPS) is 17.3. The molecule has 2 amide bonds. The lowest BCUT2D eigenvalue weighted by atomic mass is 9.97. The number of piperidine rings is 1. The molecule has 0 aliphatic carbocycles. The summed E-state index contributed by atoms with van der Waals surface area (Å²) in [4.78, 5) is 30.2. The van der Waals surface area contributed by atoms with E-state index in [2.05, 4.69) is 10.3 Å². The molecule has 156 valence electrons. The van der Waals surface area contributed by atoms with Crippen molar-refractivity contribution >= 4 is 28.2 Å². The number of aryl methyl sites for hydroxylation is 1. The van der Waals surface area contributed by atoms with Gasteiger partial charge in [0.25, 0.3) is 0 Å². The van der Waals surface area contributed by atoms with E-state index in [1.807, 2.05) is 0 Å². The van der Waals surface area contributed by atoms with E-state index in [1.165, 1.54) is 24.3 Å². The lowest BCUT2D eigenvalue weighted by Gasteiger charge is -2.31. The number of hydrogen-bond acceptors (Lipinski definition) is 4. The summed E-state index contributed by atoms with van der Waals surface area (Å²) in [7, 11) is 0. The highest BCUT2D eigenvalue weighted by Gasteiger charge is 2.30. The van der Waals surface area contributed by atoms with Crippen LogP contribution in [0.25, 0.3) is 0 Å². The van der Waals surface area contributed by atoms with Crippen LogP contribution < -0.4 is 5.32 Å². The molecule has 1 aliphatic rings. The molecule has 0 spiro atoms. The molecule has 5 nitrogen and oxygen atoms in total. The van der Waals surface area contributed by atoms with E-state index in [4.69, 9.17) is 0 Å². The minimum absolute atomic E-state index is 0.0418. The fourth-order valence-corrected chi connectivity index (χ4v) is 4.37. The van der Waals surface area contributed by atoms with E-state index in [9.17, 15) is 22.8 Å². The lowest BCUT2D eigenvalue weighted by Crippen LogP contribution is -2.42. The van der Waals surface area contributed by atoms with Gasteiger partial charge in [-0.05, 0) is 31.4 Å². The van der Waals surface area contributed by atoms with Crippen LogP contribution in [0.1, 0.15) is 41.6 Å². The number of halogens is 3. The number of anilines is 1. The molecule has 1 atom stereocenters. The molecular formula is C20H22F3N3O2S. The second-order valence-corrected chi connectivity index (χ2v) is 8.27. The number of benzene rings is 1. The molecule has 2 aromatic rings. The number of rotatable bonds is 4. The first kappa shape index (κ1) is 21.3. The highest BCUT2D eigenvalue weighted by Crippen LogP contribution is 2.31. The quantitative estimate of drug-likeness (QED) is 0.796. The maximum absolute atomic E-state index is 12.9. The van der Waals surface area contributed by atoms with Crippen LogP contribution in [0.2, 0.25) is 0 Å². The lowest BCUT2D eigenvalue weighted by molar-refractivity contribution is -0.137. The van der Waals surface area contributed by atoms with Crippen molar-refractivity contribution in [1.82, 2.24) is 9.88 Å². The summed E-state index contributed by atoms with van der Waals surface area (Å²) in [6.45, 7) is 4.31. The number of amides is 2. The first-order valence-corrected chi connectivity index (χ1v) is 10.1. The molecule has 1 fully saturated rings. The zero-order valence-electron chi connectivity index (χ0n) is 16.2. The predicted octanol–water partition coefficient (Wildman–Crippen LogP) is 4.26. The second-order valence-electron chi connectivity index (χ2n) is 7.19. The van der Waals surface area contributed by atoms with Gasteiger partial charge in [-0.1, -0.05) is 18.2 Å². The van der Waals surface area contributed by atoms with Gasteiger partial charge in [0.15, 0.2) is 0 Å². The third-order valence-corrected chi connectivity index (χ3v) is 6.00. The van der Waals surface area contributed by atoms with Crippen molar-refractivity contribution in [2.75, 3.05) is 18.4 Å².